The molecule has 0 saturated carbocycles. The maximum absolute atomic E-state index is 11.8. The van der Waals surface area contributed by atoms with Crippen LogP contribution in [-0.2, 0) is 11.2 Å². The normalized spacial score (nSPS) is 11.9. The van der Waals surface area contributed by atoms with Gasteiger partial charge in [-0.2, -0.15) is 0 Å². The molecule has 1 amide bonds. The van der Waals surface area contributed by atoms with E-state index in [1.165, 1.54) is 5.01 Å². The van der Waals surface area contributed by atoms with Gasteiger partial charge in [0.15, 0.2) is 5.96 Å². The average Bonchev–Trinajstić information content (AvgIpc) is 2.92. The van der Waals surface area contributed by atoms with E-state index in [-0.39, 0.29) is 42.0 Å². The molecule has 0 atom stereocenters. The molecule has 0 saturated heterocycles. The number of nitrogens with zero attached hydrogens (tertiary/aromatic N) is 2. The fourth-order valence-electron chi connectivity index (χ4n) is 1.96. The Morgan fingerprint density at radius 2 is 2.00 bits per heavy atom. The minimum atomic E-state index is -0.239. The molecule has 8 heteroatoms. The molecule has 0 aromatic carbocycles. The van der Waals surface area contributed by atoms with Crippen molar-refractivity contribution < 1.29 is 4.79 Å². The molecule has 0 unspecified atom stereocenters. The first kappa shape index (κ1) is 24.1. The number of rotatable bonds is 7. The highest BCUT2D eigenvalue weighted by Gasteiger charge is 2.13. The summed E-state index contributed by atoms with van der Waals surface area (Å²) in [7, 11) is 0. The molecule has 0 fully saturated rings. The highest BCUT2D eigenvalue weighted by atomic mass is 127. The lowest BCUT2D eigenvalue weighted by Gasteiger charge is -2.20. The quantitative estimate of drug-likeness (QED) is 0.318. The van der Waals surface area contributed by atoms with Crippen LogP contribution in [0, 0.1) is 0 Å². The van der Waals surface area contributed by atoms with E-state index in [2.05, 4.69) is 45.2 Å². The second-order valence-electron chi connectivity index (χ2n) is 7.00. The smallest absolute Gasteiger partial charge is 0.242 e. The lowest BCUT2D eigenvalue weighted by atomic mass is 10.1. The summed E-state index contributed by atoms with van der Waals surface area (Å²) >= 11 is 1.71. The van der Waals surface area contributed by atoms with E-state index in [4.69, 9.17) is 0 Å². The summed E-state index contributed by atoms with van der Waals surface area (Å²) in [6, 6.07) is 0. The monoisotopic (exact) mass is 481 g/mol. The van der Waals surface area contributed by atoms with Crippen LogP contribution in [0.3, 0.4) is 0 Å². The predicted molar refractivity (Wildman–Crippen MR) is 117 cm³/mol. The van der Waals surface area contributed by atoms with Crippen LogP contribution in [0.5, 0.6) is 0 Å². The third-order valence-electron chi connectivity index (χ3n) is 2.98. The maximum Gasteiger partial charge on any atom is 0.242 e. The van der Waals surface area contributed by atoms with Crippen molar-refractivity contribution in [3.63, 3.8) is 0 Å². The Morgan fingerprint density at radius 3 is 2.52 bits per heavy atom. The van der Waals surface area contributed by atoms with Gasteiger partial charge in [0.2, 0.25) is 5.91 Å². The molecule has 0 aliphatic heterocycles. The van der Waals surface area contributed by atoms with Crippen LogP contribution in [0.4, 0.5) is 0 Å². The molecular formula is C17H32IN5OS. The third kappa shape index (κ3) is 10.6. The summed E-state index contributed by atoms with van der Waals surface area (Å²) in [6.07, 6.45) is 0.835. The van der Waals surface area contributed by atoms with Crippen LogP contribution in [-0.4, -0.2) is 42.0 Å². The van der Waals surface area contributed by atoms with Crippen LogP contribution in [0.1, 0.15) is 58.2 Å². The summed E-state index contributed by atoms with van der Waals surface area (Å²) in [5, 5.41) is 12.6. The molecule has 0 aliphatic rings. The second-order valence-corrected chi connectivity index (χ2v) is 7.89. The van der Waals surface area contributed by atoms with Gasteiger partial charge in [-0.25, -0.2) is 9.98 Å². The number of thiazole rings is 1. The first-order valence-corrected chi connectivity index (χ1v) is 9.36. The number of halogens is 1. The van der Waals surface area contributed by atoms with Crippen molar-refractivity contribution >= 4 is 47.2 Å². The maximum atomic E-state index is 11.8. The minimum Gasteiger partial charge on any atom is -0.357 e. The Morgan fingerprint density at radius 1 is 1.32 bits per heavy atom. The molecule has 3 N–H and O–H groups in total. The van der Waals surface area contributed by atoms with Crippen molar-refractivity contribution in [2.45, 2.75) is 59.4 Å². The topological polar surface area (TPSA) is 78.4 Å². The number of aromatic nitrogens is 1. The average molecular weight is 481 g/mol. The van der Waals surface area contributed by atoms with Crippen LogP contribution in [0.25, 0.3) is 0 Å². The van der Waals surface area contributed by atoms with E-state index < -0.39 is 0 Å². The predicted octanol–water partition coefficient (Wildman–Crippen LogP) is 2.90. The molecule has 1 aromatic rings. The Kier molecular flexibility index (Phi) is 11.2. The van der Waals surface area contributed by atoms with Crippen molar-refractivity contribution in [1.82, 2.24) is 20.9 Å². The molecule has 25 heavy (non-hydrogen) atoms. The number of carbonyl (C=O) groups is 1. The van der Waals surface area contributed by atoms with Crippen LogP contribution in [0.2, 0.25) is 0 Å². The summed E-state index contributed by atoms with van der Waals surface area (Å²) in [5.41, 5.74) is 0.856. The Balaban J connectivity index is 0.00000576. The van der Waals surface area contributed by atoms with E-state index in [0.717, 1.165) is 25.2 Å². The molecule has 1 heterocycles. The lowest BCUT2D eigenvalue weighted by Crippen LogP contribution is -2.43. The van der Waals surface area contributed by atoms with E-state index >= 15 is 0 Å². The summed E-state index contributed by atoms with van der Waals surface area (Å²) in [6.45, 7) is 13.8. The van der Waals surface area contributed by atoms with Gasteiger partial charge in [-0.05, 0) is 27.7 Å². The van der Waals surface area contributed by atoms with Crippen molar-refractivity contribution in [3.05, 3.63) is 16.1 Å². The summed E-state index contributed by atoms with van der Waals surface area (Å²) in [5.74, 6) is 1.04. The molecule has 0 spiro atoms. The molecule has 0 aliphatic carbocycles. The molecule has 1 rings (SSSR count). The number of aliphatic imine (C=N–C) groups is 1. The number of guanidine groups is 1. The molecule has 0 bridgehead atoms. The SMILES string of the molecule is CCNC(=NCC(=O)NC(C)(C)C)NCCc1csc(C(C)C)n1.I. The largest absolute Gasteiger partial charge is 0.357 e. The number of amides is 1. The number of nitrogens with one attached hydrogen (secondary N) is 3. The minimum absolute atomic E-state index is 0. The van der Waals surface area contributed by atoms with Crippen molar-refractivity contribution in [2.24, 2.45) is 4.99 Å². The van der Waals surface area contributed by atoms with Gasteiger partial charge in [0.25, 0.3) is 0 Å². The van der Waals surface area contributed by atoms with Crippen molar-refractivity contribution in [1.29, 1.82) is 0 Å². The van der Waals surface area contributed by atoms with E-state index in [0.29, 0.717) is 11.9 Å². The fourth-order valence-corrected chi connectivity index (χ4v) is 2.83. The zero-order chi connectivity index (χ0) is 18.2. The third-order valence-corrected chi connectivity index (χ3v) is 4.17. The molecule has 6 nitrogen and oxygen atoms in total. The molecule has 144 valence electrons. The van der Waals surface area contributed by atoms with E-state index in [1.807, 2.05) is 27.7 Å². The van der Waals surface area contributed by atoms with Crippen LogP contribution >= 0.6 is 35.3 Å². The van der Waals surface area contributed by atoms with Gasteiger partial charge >= 0.3 is 0 Å². The van der Waals surface area contributed by atoms with Gasteiger partial charge in [0, 0.05) is 36.3 Å². The van der Waals surface area contributed by atoms with Gasteiger partial charge in [-0.1, -0.05) is 13.8 Å². The highest BCUT2D eigenvalue weighted by molar-refractivity contribution is 14.0. The van der Waals surface area contributed by atoms with Crippen LogP contribution < -0.4 is 16.0 Å². The van der Waals surface area contributed by atoms with Gasteiger partial charge < -0.3 is 16.0 Å². The Bertz CT molecular complexity index is 551. The number of hydrogen-bond donors (Lipinski definition) is 3. The van der Waals surface area contributed by atoms with Crippen molar-refractivity contribution in [2.75, 3.05) is 19.6 Å². The molecule has 1 aromatic heterocycles. The first-order chi connectivity index (χ1) is 11.2. The molecule has 0 radical (unpaired) electrons. The lowest BCUT2D eigenvalue weighted by molar-refractivity contribution is -0.121. The fraction of sp³-hybridized carbons (Fsp3) is 0.706. The van der Waals surface area contributed by atoms with Gasteiger partial charge in [-0.15, -0.1) is 35.3 Å². The summed E-state index contributed by atoms with van der Waals surface area (Å²) < 4.78 is 0. The Hall–Kier alpha value is -0.900. The zero-order valence-corrected chi connectivity index (χ0v) is 19.2. The Labute approximate surface area is 172 Å². The standard InChI is InChI=1S/C17H31N5OS.HI/c1-7-18-16(20-10-14(23)22-17(4,5)6)19-9-8-13-11-24-15(21-13)12(2)3;/h11-12H,7-10H2,1-6H3,(H,22,23)(H2,18,19,20);1H. The zero-order valence-electron chi connectivity index (χ0n) is 16.1. The van der Waals surface area contributed by atoms with Crippen molar-refractivity contribution in [3.8, 4) is 0 Å². The highest BCUT2D eigenvalue weighted by Crippen LogP contribution is 2.19. The van der Waals surface area contributed by atoms with Gasteiger partial charge in [-0.3, -0.25) is 4.79 Å². The van der Waals surface area contributed by atoms with Crippen LogP contribution in [0.15, 0.2) is 10.4 Å². The second kappa shape index (κ2) is 11.7. The molecular weight excluding hydrogens is 449 g/mol. The first-order valence-electron chi connectivity index (χ1n) is 8.48. The number of hydrogen-bond acceptors (Lipinski definition) is 4. The van der Waals surface area contributed by atoms with Gasteiger partial charge in [0.1, 0.15) is 6.54 Å². The van der Waals surface area contributed by atoms with Gasteiger partial charge in [0.05, 0.1) is 10.7 Å². The summed E-state index contributed by atoms with van der Waals surface area (Å²) in [4.78, 5) is 20.8. The van der Waals surface area contributed by atoms with E-state index in [1.54, 1.807) is 11.3 Å². The number of carbonyl (C=O) groups excluding carboxylic acids is 1. The van der Waals surface area contributed by atoms with E-state index in [9.17, 15) is 4.79 Å².